The minimum absolute atomic E-state index is 0.465. The summed E-state index contributed by atoms with van der Waals surface area (Å²) in [4.78, 5) is 2.86. The molecule has 0 amide bonds. The molecule has 0 radical (unpaired) electrons. The Morgan fingerprint density at radius 2 is 2.18 bits per heavy atom. The topological polar surface area (TPSA) is 21.3 Å². The third-order valence-corrected chi connectivity index (χ3v) is 4.51. The third kappa shape index (κ3) is 3.09. The van der Waals surface area contributed by atoms with Gasteiger partial charge in [-0.3, -0.25) is 0 Å². The average Bonchev–Trinajstić information content (AvgIpc) is 2.54. The molecule has 1 aromatic heterocycles. The van der Waals surface area contributed by atoms with Gasteiger partial charge in [-0.05, 0) is 52.2 Å². The first-order valence-corrected chi connectivity index (χ1v) is 7.36. The standard InChI is InChI=1S/C14H23NOS/c1-5-16-13-7-12(8-13)15-10(3)14-6-9(2)17-11(14)4/h6,10,12-13,15H,5,7-8H2,1-4H3. The second-order valence-corrected chi connectivity index (χ2v) is 6.46. The maximum atomic E-state index is 5.59. The highest BCUT2D eigenvalue weighted by Crippen LogP contribution is 2.30. The summed E-state index contributed by atoms with van der Waals surface area (Å²) in [6.07, 6.45) is 2.83. The zero-order valence-electron chi connectivity index (χ0n) is 11.2. The van der Waals surface area contributed by atoms with Crippen LogP contribution in [0.2, 0.25) is 0 Å². The van der Waals surface area contributed by atoms with Crippen molar-refractivity contribution < 1.29 is 4.74 Å². The molecule has 0 aliphatic heterocycles. The lowest BCUT2D eigenvalue weighted by molar-refractivity contribution is -0.0120. The highest BCUT2D eigenvalue weighted by molar-refractivity contribution is 7.12. The largest absolute Gasteiger partial charge is 0.378 e. The molecule has 17 heavy (non-hydrogen) atoms. The molecule has 2 nitrogen and oxygen atoms in total. The van der Waals surface area contributed by atoms with Gasteiger partial charge in [0.2, 0.25) is 0 Å². The van der Waals surface area contributed by atoms with Crippen LogP contribution in [0.3, 0.4) is 0 Å². The van der Waals surface area contributed by atoms with Crippen LogP contribution < -0.4 is 5.32 Å². The van der Waals surface area contributed by atoms with E-state index in [0.29, 0.717) is 18.2 Å². The molecule has 1 heterocycles. The van der Waals surface area contributed by atoms with Crippen LogP contribution in [0.25, 0.3) is 0 Å². The highest BCUT2D eigenvalue weighted by atomic mass is 32.1. The zero-order valence-corrected chi connectivity index (χ0v) is 12.1. The van der Waals surface area contributed by atoms with Gasteiger partial charge in [0.15, 0.2) is 0 Å². The second-order valence-electron chi connectivity index (χ2n) is 5.00. The highest BCUT2D eigenvalue weighted by Gasteiger charge is 2.30. The maximum Gasteiger partial charge on any atom is 0.0604 e. The molecule has 1 N–H and O–H groups in total. The van der Waals surface area contributed by atoms with Gasteiger partial charge in [0.1, 0.15) is 0 Å². The van der Waals surface area contributed by atoms with Gasteiger partial charge >= 0.3 is 0 Å². The predicted molar refractivity (Wildman–Crippen MR) is 73.8 cm³/mol. The van der Waals surface area contributed by atoms with Crippen molar-refractivity contribution >= 4 is 11.3 Å². The van der Waals surface area contributed by atoms with Crippen LogP contribution >= 0.6 is 11.3 Å². The number of aryl methyl sites for hydroxylation is 2. The molecule has 1 atom stereocenters. The first kappa shape index (κ1) is 13.1. The third-order valence-electron chi connectivity index (χ3n) is 3.53. The van der Waals surface area contributed by atoms with E-state index < -0.39 is 0 Å². The molecule has 3 heteroatoms. The lowest BCUT2D eigenvalue weighted by atomic mass is 9.88. The molecule has 1 aromatic rings. The van der Waals surface area contributed by atoms with E-state index in [1.165, 1.54) is 28.2 Å². The Kier molecular flexibility index (Phi) is 4.23. The van der Waals surface area contributed by atoms with Gasteiger partial charge in [0, 0.05) is 28.4 Å². The zero-order chi connectivity index (χ0) is 12.4. The molecule has 96 valence electrons. The van der Waals surface area contributed by atoms with E-state index in [4.69, 9.17) is 4.74 Å². The minimum Gasteiger partial charge on any atom is -0.378 e. The Labute approximate surface area is 108 Å². The van der Waals surface area contributed by atoms with Crippen LogP contribution in [0.15, 0.2) is 6.07 Å². The Hall–Kier alpha value is -0.380. The fourth-order valence-corrected chi connectivity index (χ4v) is 3.62. The lowest BCUT2D eigenvalue weighted by Gasteiger charge is -2.37. The van der Waals surface area contributed by atoms with Crippen molar-refractivity contribution in [2.75, 3.05) is 6.61 Å². The minimum atomic E-state index is 0.465. The van der Waals surface area contributed by atoms with E-state index in [1.807, 2.05) is 11.3 Å². The second kappa shape index (κ2) is 5.51. The summed E-state index contributed by atoms with van der Waals surface area (Å²) in [6.45, 7) is 9.58. The van der Waals surface area contributed by atoms with Gasteiger partial charge < -0.3 is 10.1 Å². The van der Waals surface area contributed by atoms with Crippen molar-refractivity contribution in [1.82, 2.24) is 5.32 Å². The number of hydrogen-bond acceptors (Lipinski definition) is 3. The molecule has 1 aliphatic carbocycles. The van der Waals surface area contributed by atoms with E-state index in [-0.39, 0.29) is 0 Å². The number of hydrogen-bond donors (Lipinski definition) is 1. The molecule has 0 spiro atoms. The fraction of sp³-hybridized carbons (Fsp3) is 0.714. The van der Waals surface area contributed by atoms with E-state index in [0.717, 1.165) is 6.61 Å². The first-order valence-electron chi connectivity index (χ1n) is 6.54. The summed E-state index contributed by atoms with van der Waals surface area (Å²) < 4.78 is 5.59. The Morgan fingerprint density at radius 3 is 2.71 bits per heavy atom. The van der Waals surface area contributed by atoms with E-state index in [2.05, 4.69) is 39.1 Å². The smallest absolute Gasteiger partial charge is 0.0604 e. The summed E-state index contributed by atoms with van der Waals surface area (Å²) in [7, 11) is 0. The molecule has 1 unspecified atom stereocenters. The van der Waals surface area contributed by atoms with Crippen LogP contribution in [0.4, 0.5) is 0 Å². The Bertz CT molecular complexity index is 368. The average molecular weight is 253 g/mol. The van der Waals surface area contributed by atoms with Crippen LogP contribution in [-0.4, -0.2) is 18.8 Å². The van der Waals surface area contributed by atoms with Gasteiger partial charge in [-0.2, -0.15) is 0 Å². The van der Waals surface area contributed by atoms with Crippen molar-refractivity contribution in [3.63, 3.8) is 0 Å². The monoisotopic (exact) mass is 253 g/mol. The Morgan fingerprint density at radius 1 is 1.47 bits per heavy atom. The number of ether oxygens (including phenoxy) is 1. The van der Waals surface area contributed by atoms with E-state index in [9.17, 15) is 0 Å². The van der Waals surface area contributed by atoms with E-state index in [1.54, 1.807) is 0 Å². The van der Waals surface area contributed by atoms with Gasteiger partial charge in [-0.15, -0.1) is 11.3 Å². The normalized spacial score (nSPS) is 25.6. The Balaban J connectivity index is 1.82. The van der Waals surface area contributed by atoms with Crippen LogP contribution in [0.1, 0.15) is 48.0 Å². The van der Waals surface area contributed by atoms with E-state index >= 15 is 0 Å². The van der Waals surface area contributed by atoms with Gasteiger partial charge in [0.05, 0.1) is 6.10 Å². The van der Waals surface area contributed by atoms with Crippen LogP contribution in [0.5, 0.6) is 0 Å². The van der Waals surface area contributed by atoms with Crippen molar-refractivity contribution in [2.45, 2.75) is 58.7 Å². The van der Waals surface area contributed by atoms with Gasteiger partial charge in [-0.1, -0.05) is 0 Å². The summed E-state index contributed by atoms with van der Waals surface area (Å²) in [5.74, 6) is 0. The molecule has 0 aromatic carbocycles. The number of rotatable bonds is 5. The first-order chi connectivity index (χ1) is 8.10. The molecule has 0 saturated heterocycles. The summed E-state index contributed by atoms with van der Waals surface area (Å²) in [5, 5.41) is 3.70. The maximum absolute atomic E-state index is 5.59. The SMILES string of the molecule is CCOC1CC(NC(C)c2cc(C)sc2C)C1. The number of nitrogens with one attached hydrogen (secondary N) is 1. The summed E-state index contributed by atoms with van der Waals surface area (Å²) in [6, 6.07) is 3.42. The van der Waals surface area contributed by atoms with Crippen molar-refractivity contribution in [1.29, 1.82) is 0 Å². The molecule has 0 bridgehead atoms. The van der Waals surface area contributed by atoms with Crippen molar-refractivity contribution in [3.8, 4) is 0 Å². The molecule has 1 saturated carbocycles. The quantitative estimate of drug-likeness (QED) is 0.866. The molecular weight excluding hydrogens is 230 g/mol. The lowest BCUT2D eigenvalue weighted by Crippen LogP contribution is -2.46. The molecule has 2 rings (SSSR count). The van der Waals surface area contributed by atoms with Gasteiger partial charge in [-0.25, -0.2) is 0 Å². The number of thiophene rings is 1. The van der Waals surface area contributed by atoms with Crippen molar-refractivity contribution in [2.24, 2.45) is 0 Å². The van der Waals surface area contributed by atoms with Gasteiger partial charge in [0.25, 0.3) is 0 Å². The predicted octanol–water partition coefficient (Wildman–Crippen LogP) is 3.58. The summed E-state index contributed by atoms with van der Waals surface area (Å²) in [5.41, 5.74) is 1.47. The molecule has 1 fully saturated rings. The van der Waals surface area contributed by atoms with Crippen molar-refractivity contribution in [3.05, 3.63) is 21.4 Å². The fourth-order valence-electron chi connectivity index (χ4n) is 2.60. The van der Waals surface area contributed by atoms with Crippen LogP contribution in [-0.2, 0) is 4.74 Å². The summed E-state index contributed by atoms with van der Waals surface area (Å²) >= 11 is 1.89. The van der Waals surface area contributed by atoms with Crippen LogP contribution in [0, 0.1) is 13.8 Å². The molecule has 1 aliphatic rings. The molecular formula is C14H23NOS.